The van der Waals surface area contributed by atoms with E-state index < -0.39 is 12.0 Å². The van der Waals surface area contributed by atoms with Gasteiger partial charge in [-0.3, -0.25) is 4.79 Å². The number of carbonyl (C=O) groups excluding carboxylic acids is 2. The third-order valence-electron chi connectivity index (χ3n) is 2.08. The maximum atomic E-state index is 11.3. The molecule has 16 heavy (non-hydrogen) atoms. The summed E-state index contributed by atoms with van der Waals surface area (Å²) in [7, 11) is 1.29. The summed E-state index contributed by atoms with van der Waals surface area (Å²) >= 11 is 3.34. The predicted molar refractivity (Wildman–Crippen MR) is 62.8 cm³/mol. The van der Waals surface area contributed by atoms with Gasteiger partial charge in [0.25, 0.3) is 0 Å². The van der Waals surface area contributed by atoms with E-state index >= 15 is 0 Å². The predicted octanol–water partition coefficient (Wildman–Crippen LogP) is 1.28. The van der Waals surface area contributed by atoms with Crippen molar-refractivity contribution in [1.29, 1.82) is 0 Å². The largest absolute Gasteiger partial charge is 0.467 e. The first-order valence-electron chi connectivity index (χ1n) is 4.69. The summed E-state index contributed by atoms with van der Waals surface area (Å²) in [5.74, 6) is -0.452. The van der Waals surface area contributed by atoms with Gasteiger partial charge in [-0.1, -0.05) is 28.1 Å². The van der Waals surface area contributed by atoms with E-state index in [2.05, 4.69) is 26.0 Å². The van der Waals surface area contributed by atoms with E-state index in [1.807, 2.05) is 24.3 Å². The van der Waals surface area contributed by atoms with E-state index in [4.69, 9.17) is 0 Å². The topological polar surface area (TPSA) is 55.4 Å². The fraction of sp³-hybridized carbons (Fsp3) is 0.273. The molecule has 5 heteroatoms. The molecule has 0 aliphatic carbocycles. The van der Waals surface area contributed by atoms with Crippen molar-refractivity contribution in [1.82, 2.24) is 5.32 Å². The summed E-state index contributed by atoms with van der Waals surface area (Å²) in [6.07, 6.45) is 0.907. The molecule has 86 valence electrons. The van der Waals surface area contributed by atoms with E-state index in [0.29, 0.717) is 12.8 Å². The fourth-order valence-corrected chi connectivity index (χ4v) is 1.78. The number of methoxy groups -OCH3 is 1. The zero-order valence-electron chi connectivity index (χ0n) is 8.77. The molecule has 4 nitrogen and oxygen atoms in total. The number of hydrogen-bond acceptors (Lipinski definition) is 3. The number of rotatable bonds is 5. The van der Waals surface area contributed by atoms with E-state index in [1.54, 1.807) is 0 Å². The molecule has 1 rings (SSSR count). The average Bonchev–Trinajstić information content (AvgIpc) is 2.27. The van der Waals surface area contributed by atoms with Gasteiger partial charge in [0.2, 0.25) is 6.41 Å². The molecule has 0 fully saturated rings. The number of ether oxygens (including phenoxy) is 1. The van der Waals surface area contributed by atoms with E-state index in [-0.39, 0.29) is 0 Å². The van der Waals surface area contributed by atoms with Crippen molar-refractivity contribution in [3.05, 3.63) is 34.3 Å². The molecule has 0 aliphatic rings. The van der Waals surface area contributed by atoms with Crippen LogP contribution < -0.4 is 5.32 Å². The number of nitrogens with one attached hydrogen (secondary N) is 1. The minimum atomic E-state index is -0.642. The van der Waals surface area contributed by atoms with E-state index in [1.165, 1.54) is 7.11 Å². The van der Waals surface area contributed by atoms with Crippen molar-refractivity contribution < 1.29 is 14.3 Å². The highest BCUT2D eigenvalue weighted by atomic mass is 79.9. The number of benzene rings is 1. The molecule has 1 N–H and O–H groups in total. The lowest BCUT2D eigenvalue weighted by atomic mass is 10.1. The summed E-state index contributed by atoms with van der Waals surface area (Å²) in [5.41, 5.74) is 0.944. The first-order valence-corrected chi connectivity index (χ1v) is 5.48. The van der Waals surface area contributed by atoms with Gasteiger partial charge in [0, 0.05) is 10.9 Å². The molecule has 1 amide bonds. The minimum absolute atomic E-state index is 0.408. The van der Waals surface area contributed by atoms with Crippen molar-refractivity contribution in [3.8, 4) is 0 Å². The number of amides is 1. The highest BCUT2D eigenvalue weighted by Gasteiger charge is 2.18. The summed E-state index contributed by atoms with van der Waals surface area (Å²) in [6, 6.07) is 6.89. The number of hydrogen-bond donors (Lipinski definition) is 1. The summed E-state index contributed by atoms with van der Waals surface area (Å²) < 4.78 is 5.53. The second kappa shape index (κ2) is 6.27. The van der Waals surface area contributed by atoms with Crippen molar-refractivity contribution in [2.75, 3.05) is 7.11 Å². The molecule has 0 aliphatic heterocycles. The van der Waals surface area contributed by atoms with Gasteiger partial charge >= 0.3 is 5.97 Å². The first-order chi connectivity index (χ1) is 7.67. The molecule has 0 heterocycles. The summed E-state index contributed by atoms with van der Waals surface area (Å²) in [4.78, 5) is 21.7. The number of esters is 1. The lowest BCUT2D eigenvalue weighted by Gasteiger charge is -2.13. The molecular formula is C11H12BrNO3. The quantitative estimate of drug-likeness (QED) is 0.655. The second-order valence-corrected chi connectivity index (χ2v) is 4.11. The third kappa shape index (κ3) is 3.66. The monoisotopic (exact) mass is 285 g/mol. The van der Waals surface area contributed by atoms with Crippen LogP contribution in [0.15, 0.2) is 28.7 Å². The fourth-order valence-electron chi connectivity index (χ4n) is 1.33. The maximum Gasteiger partial charge on any atom is 0.328 e. The van der Waals surface area contributed by atoms with Crippen LogP contribution in [0.4, 0.5) is 0 Å². The SMILES string of the molecule is COC(=O)C(Cc1cccc(Br)c1)NC=O. The molecule has 0 aromatic heterocycles. The van der Waals surface area contributed by atoms with Gasteiger partial charge in [0.05, 0.1) is 7.11 Å². The molecule has 1 aromatic carbocycles. The molecule has 0 bridgehead atoms. The van der Waals surface area contributed by atoms with Gasteiger partial charge in [-0.15, -0.1) is 0 Å². The van der Waals surface area contributed by atoms with E-state index in [0.717, 1.165) is 10.0 Å². The number of carbonyl (C=O) groups is 2. The Hall–Kier alpha value is -1.36. The Labute approximate surface area is 102 Å². The van der Waals surface area contributed by atoms with Crippen LogP contribution in [0, 0.1) is 0 Å². The normalized spacial score (nSPS) is 11.6. The average molecular weight is 286 g/mol. The third-order valence-corrected chi connectivity index (χ3v) is 2.58. The summed E-state index contributed by atoms with van der Waals surface area (Å²) in [5, 5.41) is 2.43. The molecular weight excluding hydrogens is 274 g/mol. The number of halogens is 1. The van der Waals surface area contributed by atoms with Crippen LogP contribution in [0.1, 0.15) is 5.56 Å². The smallest absolute Gasteiger partial charge is 0.328 e. The molecule has 1 unspecified atom stereocenters. The van der Waals surface area contributed by atoms with Crippen LogP contribution in [-0.2, 0) is 20.7 Å². The lowest BCUT2D eigenvalue weighted by Crippen LogP contribution is -2.38. The molecule has 1 atom stereocenters. The van der Waals surface area contributed by atoms with Crippen LogP contribution in [0.25, 0.3) is 0 Å². The summed E-state index contributed by atoms with van der Waals surface area (Å²) in [6.45, 7) is 0. The highest BCUT2D eigenvalue weighted by molar-refractivity contribution is 9.10. The van der Waals surface area contributed by atoms with Gasteiger partial charge in [-0.05, 0) is 17.7 Å². The Kier molecular flexibility index (Phi) is 4.98. The Balaban J connectivity index is 2.74. The molecule has 0 saturated heterocycles. The molecule has 0 saturated carbocycles. The van der Waals surface area contributed by atoms with Crippen molar-refractivity contribution >= 4 is 28.3 Å². The van der Waals surface area contributed by atoms with Crippen LogP contribution in [-0.4, -0.2) is 25.5 Å². The molecule has 1 aromatic rings. The second-order valence-electron chi connectivity index (χ2n) is 3.19. The lowest BCUT2D eigenvalue weighted by molar-refractivity contribution is -0.144. The van der Waals surface area contributed by atoms with E-state index in [9.17, 15) is 9.59 Å². The standard InChI is InChI=1S/C11H12BrNO3/c1-16-11(15)10(13-7-14)6-8-3-2-4-9(12)5-8/h2-5,7,10H,6H2,1H3,(H,13,14). The Bertz CT molecular complexity index is 381. The van der Waals surface area contributed by atoms with Gasteiger partial charge in [-0.25, -0.2) is 4.79 Å². The first kappa shape index (κ1) is 12.7. The van der Waals surface area contributed by atoms with Gasteiger partial charge in [-0.2, -0.15) is 0 Å². The van der Waals surface area contributed by atoms with Gasteiger partial charge in [0.1, 0.15) is 6.04 Å². The van der Waals surface area contributed by atoms with Crippen LogP contribution >= 0.6 is 15.9 Å². The van der Waals surface area contributed by atoms with Crippen LogP contribution in [0.3, 0.4) is 0 Å². The van der Waals surface area contributed by atoms with Gasteiger partial charge < -0.3 is 10.1 Å². The molecule has 0 spiro atoms. The van der Waals surface area contributed by atoms with Crippen LogP contribution in [0.2, 0.25) is 0 Å². The molecule has 0 radical (unpaired) electrons. The minimum Gasteiger partial charge on any atom is -0.467 e. The maximum absolute atomic E-state index is 11.3. The van der Waals surface area contributed by atoms with Crippen molar-refractivity contribution in [2.45, 2.75) is 12.5 Å². The Morgan fingerprint density at radius 3 is 2.94 bits per heavy atom. The highest BCUT2D eigenvalue weighted by Crippen LogP contribution is 2.13. The van der Waals surface area contributed by atoms with Gasteiger partial charge in [0.15, 0.2) is 0 Å². The Morgan fingerprint density at radius 1 is 1.62 bits per heavy atom. The Morgan fingerprint density at radius 2 is 2.38 bits per heavy atom. The van der Waals surface area contributed by atoms with Crippen molar-refractivity contribution in [3.63, 3.8) is 0 Å². The zero-order valence-corrected chi connectivity index (χ0v) is 10.4. The van der Waals surface area contributed by atoms with Crippen molar-refractivity contribution in [2.24, 2.45) is 0 Å². The zero-order chi connectivity index (χ0) is 12.0. The van der Waals surface area contributed by atoms with Crippen LogP contribution in [0.5, 0.6) is 0 Å².